The molecule has 1 aliphatic carbocycles. The van der Waals surface area contributed by atoms with Crippen molar-refractivity contribution in [2.45, 2.75) is 84.8 Å². The molecule has 3 aliphatic rings. The number of amides is 2. The van der Waals surface area contributed by atoms with E-state index in [1.165, 1.54) is 12.1 Å². The Morgan fingerprint density at radius 3 is 2.41 bits per heavy atom. The summed E-state index contributed by atoms with van der Waals surface area (Å²) in [6.07, 6.45) is 4.97. The molecule has 1 fully saturated rings. The minimum atomic E-state index is -0.735. The number of aliphatic imine (C=N–C) groups is 2. The van der Waals surface area contributed by atoms with E-state index in [1.54, 1.807) is 18.2 Å². The summed E-state index contributed by atoms with van der Waals surface area (Å²) >= 11 is 6.23. The highest BCUT2D eigenvalue weighted by Gasteiger charge is 2.52. The molecule has 10 heteroatoms. The van der Waals surface area contributed by atoms with Crippen LogP contribution in [0.4, 0.5) is 4.39 Å². The molecule has 0 unspecified atom stereocenters. The van der Waals surface area contributed by atoms with Crippen LogP contribution in [0.15, 0.2) is 62.7 Å². The Morgan fingerprint density at radius 2 is 1.82 bits per heavy atom. The molecule has 2 aromatic rings. The monoisotopic (exact) mass is 620 g/mol. The van der Waals surface area contributed by atoms with Crippen LogP contribution in [-0.4, -0.2) is 47.1 Å². The van der Waals surface area contributed by atoms with Crippen LogP contribution in [0.25, 0.3) is 0 Å². The fraction of sp³-hybridized carbons (Fsp3) is 0.529. The van der Waals surface area contributed by atoms with Gasteiger partial charge in [-0.2, -0.15) is 5.11 Å². The zero-order valence-electron chi connectivity index (χ0n) is 26.2. The number of amidine groups is 1. The number of hydrogen-bond donors (Lipinski definition) is 1. The molecule has 2 heterocycles. The lowest BCUT2D eigenvalue weighted by Gasteiger charge is -2.47. The van der Waals surface area contributed by atoms with E-state index in [1.807, 2.05) is 17.0 Å². The predicted octanol–water partition coefficient (Wildman–Crippen LogP) is 7.77. The highest BCUT2D eigenvalue weighted by molar-refractivity contribution is 6.47. The topological polar surface area (TPSA) is 98.9 Å². The van der Waals surface area contributed by atoms with E-state index >= 15 is 0 Å². The first-order valence-electron chi connectivity index (χ1n) is 15.6. The molecule has 1 saturated carbocycles. The van der Waals surface area contributed by atoms with Crippen molar-refractivity contribution in [1.82, 2.24) is 10.2 Å². The van der Waals surface area contributed by atoms with Crippen molar-refractivity contribution in [3.05, 3.63) is 70.0 Å². The Morgan fingerprint density at radius 1 is 1.11 bits per heavy atom. The van der Waals surface area contributed by atoms with Gasteiger partial charge in [0.05, 0.1) is 12.6 Å². The summed E-state index contributed by atoms with van der Waals surface area (Å²) < 4.78 is 14.5. The molecule has 8 nitrogen and oxygen atoms in total. The maximum absolute atomic E-state index is 14.5. The Kier molecular flexibility index (Phi) is 9.35. The van der Waals surface area contributed by atoms with Crippen LogP contribution in [0.1, 0.15) is 101 Å². The first-order chi connectivity index (χ1) is 20.9. The van der Waals surface area contributed by atoms with Crippen molar-refractivity contribution in [1.29, 1.82) is 0 Å². The van der Waals surface area contributed by atoms with Crippen molar-refractivity contribution in [3.63, 3.8) is 0 Å². The summed E-state index contributed by atoms with van der Waals surface area (Å²) in [6.45, 7) is 11.7. The molecule has 234 valence electrons. The quantitative estimate of drug-likeness (QED) is 0.310. The van der Waals surface area contributed by atoms with Crippen molar-refractivity contribution in [2.75, 3.05) is 13.2 Å². The van der Waals surface area contributed by atoms with Gasteiger partial charge >= 0.3 is 0 Å². The molecule has 0 bridgehead atoms. The minimum Gasteiger partial charge on any atom is -0.345 e. The zero-order chi connectivity index (χ0) is 31.6. The van der Waals surface area contributed by atoms with Gasteiger partial charge in [0, 0.05) is 16.1 Å². The van der Waals surface area contributed by atoms with Crippen LogP contribution in [0.3, 0.4) is 0 Å². The van der Waals surface area contributed by atoms with Gasteiger partial charge in [-0.3, -0.25) is 14.6 Å². The molecule has 2 amide bonds. The predicted molar refractivity (Wildman–Crippen MR) is 172 cm³/mol. The Bertz CT molecular complexity index is 1470. The largest absolute Gasteiger partial charge is 0.345 e. The summed E-state index contributed by atoms with van der Waals surface area (Å²) in [4.78, 5) is 38.6. The molecule has 2 aliphatic heterocycles. The Labute approximate surface area is 264 Å². The maximum atomic E-state index is 14.5. The van der Waals surface area contributed by atoms with E-state index in [2.05, 4.69) is 55.2 Å². The number of benzene rings is 2. The van der Waals surface area contributed by atoms with Gasteiger partial charge in [-0.15, -0.1) is 5.11 Å². The molecule has 0 aromatic heterocycles. The molecular formula is C34H42ClFN6O2. The summed E-state index contributed by atoms with van der Waals surface area (Å²) in [5, 5.41) is 10.8. The third kappa shape index (κ3) is 6.93. The van der Waals surface area contributed by atoms with Gasteiger partial charge < -0.3 is 10.2 Å². The van der Waals surface area contributed by atoms with E-state index in [4.69, 9.17) is 16.6 Å². The van der Waals surface area contributed by atoms with Crippen molar-refractivity contribution in [2.24, 2.45) is 37.5 Å². The number of halogens is 2. The molecule has 44 heavy (non-hydrogen) atoms. The first kappa shape index (κ1) is 31.9. The lowest BCUT2D eigenvalue weighted by Crippen LogP contribution is -2.51. The Balaban J connectivity index is 1.49. The second-order valence-corrected chi connectivity index (χ2v) is 14.1. The minimum absolute atomic E-state index is 0.151. The van der Waals surface area contributed by atoms with E-state index in [9.17, 15) is 14.0 Å². The van der Waals surface area contributed by atoms with Crippen LogP contribution >= 0.6 is 11.6 Å². The smallest absolute Gasteiger partial charge is 0.275 e. The number of nitrogens with one attached hydrogen (secondary N) is 1. The van der Waals surface area contributed by atoms with E-state index in [-0.39, 0.29) is 40.6 Å². The molecule has 5 rings (SSSR count). The van der Waals surface area contributed by atoms with E-state index < -0.39 is 11.5 Å². The van der Waals surface area contributed by atoms with Crippen molar-refractivity contribution >= 4 is 35.0 Å². The van der Waals surface area contributed by atoms with Gasteiger partial charge in [0.1, 0.15) is 17.2 Å². The first-order valence-corrected chi connectivity index (χ1v) is 15.9. The molecule has 1 N–H and O–H groups in total. The maximum Gasteiger partial charge on any atom is 0.275 e. The highest BCUT2D eigenvalue weighted by atomic mass is 35.5. The third-order valence-electron chi connectivity index (χ3n) is 9.13. The normalized spacial score (nSPS) is 22.5. The van der Waals surface area contributed by atoms with Crippen LogP contribution < -0.4 is 5.32 Å². The zero-order valence-corrected chi connectivity index (χ0v) is 27.0. The van der Waals surface area contributed by atoms with Crippen LogP contribution in [0.5, 0.6) is 0 Å². The summed E-state index contributed by atoms with van der Waals surface area (Å²) in [6, 6.07) is 11.4. The van der Waals surface area contributed by atoms with Gasteiger partial charge in [-0.25, -0.2) is 9.38 Å². The molecule has 0 radical (unpaired) electrons. The number of nitrogens with zero attached hydrogens (tertiary/aromatic N) is 5. The van der Waals surface area contributed by atoms with Gasteiger partial charge in [-0.05, 0) is 91.7 Å². The number of carbonyl (C=O) groups excluding carboxylic acids is 2. The Hall–Kier alpha value is -3.46. The molecule has 1 spiro atoms. The van der Waals surface area contributed by atoms with Crippen molar-refractivity contribution in [3.8, 4) is 0 Å². The number of rotatable bonds is 9. The van der Waals surface area contributed by atoms with Gasteiger partial charge in [0.2, 0.25) is 0 Å². The lowest BCUT2D eigenvalue weighted by atomic mass is 9.69. The fourth-order valence-corrected chi connectivity index (χ4v) is 6.85. The lowest BCUT2D eigenvalue weighted by molar-refractivity contribution is -0.133. The van der Waals surface area contributed by atoms with Gasteiger partial charge in [0.15, 0.2) is 12.5 Å². The molecule has 1 atom stereocenters. The molecular weight excluding hydrogens is 579 g/mol. The van der Waals surface area contributed by atoms with Crippen molar-refractivity contribution < 1.29 is 14.0 Å². The SMILES string of the molecule is CC(C)CC[C@H](c1ccc(C(=O)NCC2=NCN=N2)cc1)N1C(=O)C(c2cc(F)cc(Cl)c2)=NC12CCC(C(C)(C)C)CC2. The van der Waals surface area contributed by atoms with Gasteiger partial charge in [-0.1, -0.05) is 58.4 Å². The standard InChI is InChI=1S/C34H42ClFN6O2/c1-21(2)6-11-28(22-7-9-23(10-8-22)31(43)37-19-29-38-20-39-41-29)42-32(44)30(24-16-26(35)18-27(36)17-24)40-34(42)14-12-25(13-15-34)33(3,4)5/h7-10,16-18,21,25,28H,6,11-15,19-20H2,1-5H3,(H,37,43)/t25?,28-,34?/m1/s1. The van der Waals surface area contributed by atoms with Crippen LogP contribution in [0, 0.1) is 23.1 Å². The average molecular weight is 621 g/mol. The van der Waals surface area contributed by atoms with E-state index in [0.29, 0.717) is 35.5 Å². The second-order valence-electron chi connectivity index (χ2n) is 13.7. The van der Waals surface area contributed by atoms with E-state index in [0.717, 1.165) is 44.1 Å². The molecule has 0 saturated heterocycles. The number of azo groups is 1. The summed E-state index contributed by atoms with van der Waals surface area (Å²) in [7, 11) is 0. The summed E-state index contributed by atoms with van der Waals surface area (Å²) in [5.74, 6) is 0.492. The number of carbonyl (C=O) groups is 2. The highest BCUT2D eigenvalue weighted by Crippen LogP contribution is 2.50. The van der Waals surface area contributed by atoms with Crippen LogP contribution in [-0.2, 0) is 4.79 Å². The second kappa shape index (κ2) is 12.9. The molecule has 2 aromatic carbocycles. The van der Waals surface area contributed by atoms with Crippen LogP contribution in [0.2, 0.25) is 5.02 Å². The number of hydrogen-bond acceptors (Lipinski definition) is 6. The third-order valence-corrected chi connectivity index (χ3v) is 9.35. The average Bonchev–Trinajstić information content (AvgIpc) is 3.58. The van der Waals surface area contributed by atoms with Gasteiger partial charge in [0.25, 0.3) is 11.8 Å². The summed E-state index contributed by atoms with van der Waals surface area (Å²) in [5.41, 5.74) is 1.53. The fourth-order valence-electron chi connectivity index (χ4n) is 6.63.